The molecular formula is C15H14F2N2O. The summed E-state index contributed by atoms with van der Waals surface area (Å²) in [5.41, 5.74) is 6.33. The van der Waals surface area contributed by atoms with Gasteiger partial charge in [0.25, 0.3) is 0 Å². The second-order valence-corrected chi connectivity index (χ2v) is 4.46. The molecule has 0 heterocycles. The maximum atomic E-state index is 13.6. The summed E-state index contributed by atoms with van der Waals surface area (Å²) in [5.74, 6) is -1.88. The molecule has 2 rings (SSSR count). The number of rotatable bonds is 3. The van der Waals surface area contributed by atoms with Gasteiger partial charge in [-0.3, -0.25) is 4.79 Å². The molecule has 1 atom stereocenters. The van der Waals surface area contributed by atoms with Gasteiger partial charge in [0.1, 0.15) is 17.7 Å². The van der Waals surface area contributed by atoms with Crippen LogP contribution < -0.4 is 11.1 Å². The quantitative estimate of drug-likeness (QED) is 0.905. The molecule has 5 heteroatoms. The molecule has 0 aromatic heterocycles. The van der Waals surface area contributed by atoms with E-state index in [9.17, 15) is 13.6 Å². The number of hydrogen-bond acceptors (Lipinski definition) is 2. The Labute approximate surface area is 115 Å². The average molecular weight is 276 g/mol. The normalized spacial score (nSPS) is 12.0. The number of amides is 1. The van der Waals surface area contributed by atoms with E-state index in [2.05, 4.69) is 5.32 Å². The predicted octanol–water partition coefficient (Wildman–Crippen LogP) is 2.91. The standard InChI is InChI=1S/C15H14F2N2O/c1-9-7-12(17)13(8-11(9)16)19-15(20)14(18)10-5-3-2-4-6-10/h2-8,14H,18H2,1H3,(H,19,20)/t14-/m1/s1. The minimum Gasteiger partial charge on any atom is -0.322 e. The van der Waals surface area contributed by atoms with Crippen LogP contribution >= 0.6 is 0 Å². The summed E-state index contributed by atoms with van der Waals surface area (Å²) < 4.78 is 27.0. The third-order valence-electron chi connectivity index (χ3n) is 2.95. The van der Waals surface area contributed by atoms with Crippen molar-refractivity contribution in [3.63, 3.8) is 0 Å². The molecule has 0 unspecified atom stereocenters. The fourth-order valence-corrected chi connectivity index (χ4v) is 1.76. The first-order valence-electron chi connectivity index (χ1n) is 6.06. The van der Waals surface area contributed by atoms with Crippen molar-refractivity contribution in [1.82, 2.24) is 0 Å². The minimum atomic E-state index is -0.944. The lowest BCUT2D eigenvalue weighted by Gasteiger charge is -2.13. The van der Waals surface area contributed by atoms with E-state index >= 15 is 0 Å². The first-order valence-corrected chi connectivity index (χ1v) is 6.06. The maximum Gasteiger partial charge on any atom is 0.245 e. The first kappa shape index (κ1) is 14.1. The molecule has 2 aromatic carbocycles. The van der Waals surface area contributed by atoms with Gasteiger partial charge >= 0.3 is 0 Å². The van der Waals surface area contributed by atoms with Crippen LogP contribution in [0.25, 0.3) is 0 Å². The lowest BCUT2D eigenvalue weighted by molar-refractivity contribution is -0.117. The number of hydrogen-bond donors (Lipinski definition) is 2. The zero-order valence-corrected chi connectivity index (χ0v) is 10.9. The number of carbonyl (C=O) groups is 1. The van der Waals surface area contributed by atoms with Crippen molar-refractivity contribution in [2.45, 2.75) is 13.0 Å². The number of nitrogens with two attached hydrogens (primary N) is 1. The van der Waals surface area contributed by atoms with Crippen LogP contribution in [0, 0.1) is 18.6 Å². The molecular weight excluding hydrogens is 262 g/mol. The van der Waals surface area contributed by atoms with E-state index in [0.717, 1.165) is 12.1 Å². The molecule has 0 saturated carbocycles. The zero-order chi connectivity index (χ0) is 14.7. The van der Waals surface area contributed by atoms with E-state index in [-0.39, 0.29) is 11.3 Å². The minimum absolute atomic E-state index is 0.174. The molecule has 0 fully saturated rings. The van der Waals surface area contributed by atoms with Gasteiger partial charge < -0.3 is 11.1 Å². The van der Waals surface area contributed by atoms with E-state index in [1.165, 1.54) is 6.92 Å². The molecule has 3 N–H and O–H groups in total. The molecule has 0 saturated heterocycles. The summed E-state index contributed by atoms with van der Waals surface area (Å²) in [5, 5.41) is 2.30. The Morgan fingerprint density at radius 2 is 1.80 bits per heavy atom. The van der Waals surface area contributed by atoms with Crippen molar-refractivity contribution in [1.29, 1.82) is 0 Å². The number of halogens is 2. The maximum absolute atomic E-state index is 13.6. The number of anilines is 1. The molecule has 2 aromatic rings. The van der Waals surface area contributed by atoms with Crippen LogP contribution in [0.1, 0.15) is 17.2 Å². The molecule has 1 amide bonds. The molecule has 0 aliphatic carbocycles. The first-order chi connectivity index (χ1) is 9.49. The number of aryl methyl sites for hydroxylation is 1. The third-order valence-corrected chi connectivity index (χ3v) is 2.95. The van der Waals surface area contributed by atoms with Gasteiger partial charge in [0.05, 0.1) is 5.69 Å². The highest BCUT2D eigenvalue weighted by Crippen LogP contribution is 2.20. The monoisotopic (exact) mass is 276 g/mol. The van der Waals surface area contributed by atoms with Crippen molar-refractivity contribution in [3.05, 3.63) is 65.2 Å². The van der Waals surface area contributed by atoms with Crippen LogP contribution in [0.3, 0.4) is 0 Å². The lowest BCUT2D eigenvalue weighted by atomic mass is 10.1. The largest absolute Gasteiger partial charge is 0.322 e. The van der Waals surface area contributed by atoms with Gasteiger partial charge in [-0.25, -0.2) is 8.78 Å². The van der Waals surface area contributed by atoms with Gasteiger partial charge in [-0.2, -0.15) is 0 Å². The van der Waals surface area contributed by atoms with Crippen molar-refractivity contribution >= 4 is 11.6 Å². The Kier molecular flexibility index (Phi) is 4.10. The second kappa shape index (κ2) is 5.79. The Hall–Kier alpha value is -2.27. The molecule has 3 nitrogen and oxygen atoms in total. The highest BCUT2D eigenvalue weighted by atomic mass is 19.1. The fraction of sp³-hybridized carbons (Fsp3) is 0.133. The number of nitrogens with one attached hydrogen (secondary N) is 1. The van der Waals surface area contributed by atoms with Crippen LogP contribution in [-0.2, 0) is 4.79 Å². The van der Waals surface area contributed by atoms with Gasteiger partial charge in [-0.15, -0.1) is 0 Å². The van der Waals surface area contributed by atoms with Crippen LogP contribution in [0.4, 0.5) is 14.5 Å². The summed E-state index contributed by atoms with van der Waals surface area (Å²) in [6.07, 6.45) is 0. The van der Waals surface area contributed by atoms with E-state index in [4.69, 9.17) is 5.73 Å². The van der Waals surface area contributed by atoms with Crippen molar-refractivity contribution in [2.24, 2.45) is 5.73 Å². The van der Waals surface area contributed by atoms with Crippen molar-refractivity contribution in [3.8, 4) is 0 Å². The summed E-state index contributed by atoms with van der Waals surface area (Å²) in [6.45, 7) is 1.44. The predicted molar refractivity (Wildman–Crippen MR) is 73.1 cm³/mol. The Bertz CT molecular complexity index is 629. The SMILES string of the molecule is Cc1cc(F)c(NC(=O)[C@H](N)c2ccccc2)cc1F. The summed E-state index contributed by atoms with van der Waals surface area (Å²) in [6, 6.07) is 9.69. The summed E-state index contributed by atoms with van der Waals surface area (Å²) >= 11 is 0. The number of carbonyl (C=O) groups excluding carboxylic acids is 1. The molecule has 0 spiro atoms. The Morgan fingerprint density at radius 3 is 2.45 bits per heavy atom. The van der Waals surface area contributed by atoms with E-state index in [1.807, 2.05) is 0 Å². The van der Waals surface area contributed by atoms with Gasteiger partial charge in [0, 0.05) is 6.07 Å². The van der Waals surface area contributed by atoms with E-state index < -0.39 is 23.6 Å². The Balaban J connectivity index is 2.18. The molecule has 20 heavy (non-hydrogen) atoms. The van der Waals surface area contributed by atoms with Crippen LogP contribution in [0.15, 0.2) is 42.5 Å². The highest BCUT2D eigenvalue weighted by molar-refractivity contribution is 5.95. The van der Waals surface area contributed by atoms with Crippen molar-refractivity contribution < 1.29 is 13.6 Å². The average Bonchev–Trinajstić information content (AvgIpc) is 2.44. The van der Waals surface area contributed by atoms with E-state index in [0.29, 0.717) is 5.56 Å². The van der Waals surface area contributed by atoms with Gasteiger partial charge in [-0.1, -0.05) is 30.3 Å². The molecule has 0 aliphatic heterocycles. The smallest absolute Gasteiger partial charge is 0.245 e. The van der Waals surface area contributed by atoms with E-state index in [1.54, 1.807) is 30.3 Å². The highest BCUT2D eigenvalue weighted by Gasteiger charge is 2.17. The van der Waals surface area contributed by atoms with Crippen LogP contribution in [0.5, 0.6) is 0 Å². The van der Waals surface area contributed by atoms with Gasteiger partial charge in [0.15, 0.2) is 0 Å². The van der Waals surface area contributed by atoms with Crippen molar-refractivity contribution in [2.75, 3.05) is 5.32 Å². The van der Waals surface area contributed by atoms with Crippen LogP contribution in [-0.4, -0.2) is 5.91 Å². The fourth-order valence-electron chi connectivity index (χ4n) is 1.76. The van der Waals surface area contributed by atoms with Gasteiger partial charge in [0.2, 0.25) is 5.91 Å². The number of benzene rings is 2. The molecule has 0 radical (unpaired) electrons. The Morgan fingerprint density at radius 1 is 1.15 bits per heavy atom. The zero-order valence-electron chi connectivity index (χ0n) is 10.9. The molecule has 104 valence electrons. The molecule has 0 bridgehead atoms. The topological polar surface area (TPSA) is 55.1 Å². The molecule has 0 aliphatic rings. The summed E-state index contributed by atoms with van der Waals surface area (Å²) in [7, 11) is 0. The van der Waals surface area contributed by atoms with Gasteiger partial charge in [-0.05, 0) is 24.1 Å². The third kappa shape index (κ3) is 3.00. The lowest BCUT2D eigenvalue weighted by Crippen LogP contribution is -2.28. The van der Waals surface area contributed by atoms with Crippen LogP contribution in [0.2, 0.25) is 0 Å². The second-order valence-electron chi connectivity index (χ2n) is 4.46. The summed E-state index contributed by atoms with van der Waals surface area (Å²) in [4.78, 5) is 11.9.